The van der Waals surface area contributed by atoms with Gasteiger partial charge in [-0.15, -0.1) is 0 Å². The molecule has 1 aliphatic heterocycles. The van der Waals surface area contributed by atoms with Gasteiger partial charge < -0.3 is 25.3 Å². The number of methoxy groups -OCH3 is 3. The zero-order chi connectivity index (χ0) is 22.1. The van der Waals surface area contributed by atoms with Crippen molar-refractivity contribution in [3.8, 4) is 17.2 Å². The van der Waals surface area contributed by atoms with Gasteiger partial charge in [0.15, 0.2) is 17.5 Å². The Morgan fingerprint density at radius 1 is 0.968 bits per heavy atom. The molecule has 1 saturated heterocycles. The predicted molar refractivity (Wildman–Crippen MR) is 124 cm³/mol. The number of nitrogens with one attached hydrogen (secondary N) is 1. The molecule has 7 nitrogen and oxygen atoms in total. The molecular formula is C24H34N4O3. The average molecular weight is 427 g/mol. The van der Waals surface area contributed by atoms with Gasteiger partial charge in [-0.3, -0.25) is 4.90 Å². The van der Waals surface area contributed by atoms with Crippen molar-refractivity contribution in [2.45, 2.75) is 31.8 Å². The number of hydrogen-bond donors (Lipinski definition) is 2. The lowest BCUT2D eigenvalue weighted by molar-refractivity contribution is 0.161. The third-order valence-corrected chi connectivity index (χ3v) is 5.69. The zero-order valence-corrected chi connectivity index (χ0v) is 18.8. The number of nitrogens with two attached hydrogens (primary N) is 1. The van der Waals surface area contributed by atoms with Gasteiger partial charge in [0.1, 0.15) is 5.75 Å². The van der Waals surface area contributed by atoms with Crippen molar-refractivity contribution < 1.29 is 14.2 Å². The van der Waals surface area contributed by atoms with E-state index in [0.29, 0.717) is 30.5 Å². The van der Waals surface area contributed by atoms with Gasteiger partial charge in [0.2, 0.25) is 0 Å². The molecule has 3 rings (SSSR count). The summed E-state index contributed by atoms with van der Waals surface area (Å²) in [6.07, 6.45) is 3.72. The molecule has 1 fully saturated rings. The van der Waals surface area contributed by atoms with E-state index in [1.807, 2.05) is 30.3 Å². The van der Waals surface area contributed by atoms with Crippen LogP contribution < -0.4 is 25.3 Å². The molecule has 1 unspecified atom stereocenters. The number of nitrogens with zero attached hydrogens (tertiary/aromatic N) is 2. The number of aliphatic imine (C=N–C) groups is 1. The SMILES string of the molecule is COc1ccc(CN=C(N)NCC(c2ccccc2OC)N2CCCCC2)cc1OC. The fourth-order valence-electron chi connectivity index (χ4n) is 4.02. The van der Waals surface area contributed by atoms with E-state index >= 15 is 0 Å². The van der Waals surface area contributed by atoms with Crippen molar-refractivity contribution in [1.29, 1.82) is 0 Å². The molecule has 0 aromatic heterocycles. The fourth-order valence-corrected chi connectivity index (χ4v) is 4.02. The third-order valence-electron chi connectivity index (χ3n) is 5.69. The maximum absolute atomic E-state index is 6.21. The first kappa shape index (κ1) is 22.7. The summed E-state index contributed by atoms with van der Waals surface area (Å²) in [6.45, 7) is 3.28. The number of hydrogen-bond acceptors (Lipinski definition) is 5. The lowest BCUT2D eigenvalue weighted by Gasteiger charge is -2.35. The number of para-hydroxylation sites is 1. The van der Waals surface area contributed by atoms with Crippen LogP contribution in [0.1, 0.15) is 36.4 Å². The van der Waals surface area contributed by atoms with Gasteiger partial charge in [0.25, 0.3) is 0 Å². The first-order chi connectivity index (χ1) is 15.2. The lowest BCUT2D eigenvalue weighted by Crippen LogP contribution is -2.42. The summed E-state index contributed by atoms with van der Waals surface area (Å²) in [5, 5.41) is 3.33. The third kappa shape index (κ3) is 6.04. The van der Waals surface area contributed by atoms with Gasteiger partial charge in [-0.2, -0.15) is 0 Å². The molecule has 1 aliphatic rings. The Morgan fingerprint density at radius 2 is 1.68 bits per heavy atom. The van der Waals surface area contributed by atoms with Crippen molar-refractivity contribution in [3.05, 3.63) is 53.6 Å². The predicted octanol–water partition coefficient (Wildman–Crippen LogP) is 3.34. The highest BCUT2D eigenvalue weighted by Crippen LogP contribution is 2.31. The van der Waals surface area contributed by atoms with Crippen LogP contribution in [-0.2, 0) is 6.54 Å². The van der Waals surface area contributed by atoms with Crippen LogP contribution in [0.4, 0.5) is 0 Å². The van der Waals surface area contributed by atoms with E-state index in [2.05, 4.69) is 27.3 Å². The minimum Gasteiger partial charge on any atom is -0.496 e. The Morgan fingerprint density at radius 3 is 2.39 bits per heavy atom. The van der Waals surface area contributed by atoms with Gasteiger partial charge in [0.05, 0.1) is 33.9 Å². The Hall–Kier alpha value is -2.93. The maximum Gasteiger partial charge on any atom is 0.188 e. The topological polar surface area (TPSA) is 81.3 Å². The second kappa shape index (κ2) is 11.5. The van der Waals surface area contributed by atoms with E-state index in [1.165, 1.54) is 24.8 Å². The minimum absolute atomic E-state index is 0.172. The highest BCUT2D eigenvalue weighted by atomic mass is 16.5. The van der Waals surface area contributed by atoms with E-state index in [0.717, 1.165) is 24.4 Å². The first-order valence-electron chi connectivity index (χ1n) is 10.8. The van der Waals surface area contributed by atoms with Crippen LogP contribution in [0.3, 0.4) is 0 Å². The van der Waals surface area contributed by atoms with Gasteiger partial charge in [-0.1, -0.05) is 30.7 Å². The van der Waals surface area contributed by atoms with Crippen LogP contribution in [-0.4, -0.2) is 51.8 Å². The van der Waals surface area contributed by atoms with Crippen molar-refractivity contribution >= 4 is 5.96 Å². The van der Waals surface area contributed by atoms with Crippen LogP contribution in [0.25, 0.3) is 0 Å². The number of piperidine rings is 1. The molecule has 0 aliphatic carbocycles. The molecule has 7 heteroatoms. The number of guanidine groups is 1. The Kier molecular flexibility index (Phi) is 8.41. The molecule has 2 aromatic carbocycles. The molecule has 0 spiro atoms. The summed E-state index contributed by atoms with van der Waals surface area (Å²) in [7, 11) is 4.97. The quantitative estimate of drug-likeness (QED) is 0.473. The lowest BCUT2D eigenvalue weighted by atomic mass is 10.0. The maximum atomic E-state index is 6.21. The number of likely N-dealkylation sites (tertiary alicyclic amines) is 1. The fraction of sp³-hybridized carbons (Fsp3) is 0.458. The molecule has 3 N–H and O–H groups in total. The van der Waals surface area contributed by atoms with E-state index in [1.54, 1.807) is 21.3 Å². The van der Waals surface area contributed by atoms with Gasteiger partial charge in [0, 0.05) is 12.1 Å². The standard InChI is InChI=1S/C24H34N4O3/c1-29-21-10-6-5-9-19(21)20(28-13-7-4-8-14-28)17-27-24(25)26-16-18-11-12-22(30-2)23(15-18)31-3/h5-6,9-12,15,20H,4,7-8,13-14,16-17H2,1-3H3,(H3,25,26,27). The highest BCUT2D eigenvalue weighted by Gasteiger charge is 2.24. The molecule has 1 atom stereocenters. The van der Waals surface area contributed by atoms with E-state index in [4.69, 9.17) is 19.9 Å². The monoisotopic (exact) mass is 426 g/mol. The minimum atomic E-state index is 0.172. The van der Waals surface area contributed by atoms with Crippen LogP contribution in [0, 0.1) is 0 Å². The average Bonchev–Trinajstić information content (AvgIpc) is 2.83. The second-order valence-electron chi connectivity index (χ2n) is 7.63. The van der Waals surface area contributed by atoms with Crippen LogP contribution in [0.5, 0.6) is 17.2 Å². The summed E-state index contributed by atoms with van der Waals surface area (Å²) in [4.78, 5) is 7.03. The molecular weight excluding hydrogens is 392 g/mol. The summed E-state index contributed by atoms with van der Waals surface area (Å²) in [5.41, 5.74) is 8.38. The summed E-state index contributed by atoms with van der Waals surface area (Å²) in [5.74, 6) is 2.71. The molecule has 0 amide bonds. The van der Waals surface area contributed by atoms with Crippen molar-refractivity contribution in [2.24, 2.45) is 10.7 Å². The van der Waals surface area contributed by atoms with Crippen molar-refractivity contribution in [2.75, 3.05) is 41.0 Å². The molecule has 0 bridgehead atoms. The molecule has 168 valence electrons. The number of ether oxygens (including phenoxy) is 3. The summed E-state index contributed by atoms with van der Waals surface area (Å²) < 4.78 is 16.3. The van der Waals surface area contributed by atoms with E-state index in [9.17, 15) is 0 Å². The van der Waals surface area contributed by atoms with E-state index < -0.39 is 0 Å². The van der Waals surface area contributed by atoms with Gasteiger partial charge in [-0.25, -0.2) is 4.99 Å². The first-order valence-corrected chi connectivity index (χ1v) is 10.8. The molecule has 1 heterocycles. The van der Waals surface area contributed by atoms with Crippen molar-refractivity contribution in [3.63, 3.8) is 0 Å². The summed E-state index contributed by atoms with van der Waals surface area (Å²) in [6, 6.07) is 14.1. The van der Waals surface area contributed by atoms with Gasteiger partial charge >= 0.3 is 0 Å². The Bertz CT molecular complexity index is 866. The van der Waals surface area contributed by atoms with Crippen LogP contribution >= 0.6 is 0 Å². The zero-order valence-electron chi connectivity index (χ0n) is 18.8. The van der Waals surface area contributed by atoms with E-state index in [-0.39, 0.29) is 6.04 Å². The second-order valence-corrected chi connectivity index (χ2v) is 7.63. The van der Waals surface area contributed by atoms with Crippen LogP contribution in [0.15, 0.2) is 47.5 Å². The number of benzene rings is 2. The highest BCUT2D eigenvalue weighted by molar-refractivity contribution is 5.77. The molecule has 0 radical (unpaired) electrons. The normalized spacial score (nSPS) is 15.9. The number of rotatable bonds is 9. The molecule has 2 aromatic rings. The summed E-state index contributed by atoms with van der Waals surface area (Å²) >= 11 is 0. The molecule has 0 saturated carbocycles. The van der Waals surface area contributed by atoms with Crippen LogP contribution in [0.2, 0.25) is 0 Å². The smallest absolute Gasteiger partial charge is 0.188 e. The molecule has 31 heavy (non-hydrogen) atoms. The Balaban J connectivity index is 1.69. The van der Waals surface area contributed by atoms with Gasteiger partial charge in [-0.05, 0) is 49.7 Å². The Labute approximate surface area is 185 Å². The van der Waals surface area contributed by atoms with Crippen molar-refractivity contribution in [1.82, 2.24) is 10.2 Å². The largest absolute Gasteiger partial charge is 0.496 e.